The van der Waals surface area contributed by atoms with Crippen molar-refractivity contribution >= 4 is 9.05 Å². The third kappa shape index (κ3) is 26.0. The van der Waals surface area contributed by atoms with E-state index < -0.39 is 9.05 Å². The summed E-state index contributed by atoms with van der Waals surface area (Å²) in [6.45, 7) is 1.68. The maximum atomic E-state index is 8.05. The van der Waals surface area contributed by atoms with Crippen molar-refractivity contribution in [1.29, 1.82) is 0 Å². The minimum atomic E-state index is -4.16. The summed E-state index contributed by atoms with van der Waals surface area (Å²) >= 11 is 0. The van der Waals surface area contributed by atoms with Crippen LogP contribution in [0.3, 0.4) is 0 Å². The summed E-state index contributed by atoms with van der Waals surface area (Å²) in [6.07, 6.45) is 0. The van der Waals surface area contributed by atoms with Crippen LogP contribution in [0.5, 0.6) is 0 Å². The maximum absolute atomic E-state index is 8.05. The highest BCUT2D eigenvalue weighted by molar-refractivity contribution is 6.48. The van der Waals surface area contributed by atoms with E-state index in [4.69, 9.17) is 24.6 Å². The molecule has 0 saturated heterocycles. The molecule has 7 nitrogen and oxygen atoms in total. The van der Waals surface area contributed by atoms with Crippen LogP contribution >= 0.6 is 0 Å². The number of rotatable bonds is 2. The zero-order chi connectivity index (χ0) is 8.62. The summed E-state index contributed by atoms with van der Waals surface area (Å²) in [6, 6.07) is 0. The summed E-state index contributed by atoms with van der Waals surface area (Å²) in [7, 11) is -4.16. The second kappa shape index (κ2) is 6.58. The highest BCUT2D eigenvalue weighted by atomic mass is 28.4. The summed E-state index contributed by atoms with van der Waals surface area (Å²) in [5, 5.41) is 7.88. The molecule has 0 aliphatic carbocycles. The lowest BCUT2D eigenvalue weighted by atomic mass is 10.9. The summed E-state index contributed by atoms with van der Waals surface area (Å²) < 4.78 is 5.78. The molecule has 3 N–H and O–H groups in total. The first kappa shape index (κ1) is 12.2. The SMILES string of the molecule is CCO[Si](O)(O)O.O=[O+][O-]. The molecule has 0 aromatic rings. The van der Waals surface area contributed by atoms with Crippen LogP contribution in [-0.4, -0.2) is 30.0 Å². The second-order valence-electron chi connectivity index (χ2n) is 1.07. The Bertz CT molecular complexity index is 76.2. The first-order valence-electron chi connectivity index (χ1n) is 2.20. The fourth-order valence-electron chi connectivity index (χ4n) is 0.194. The zero-order valence-electron chi connectivity index (χ0n) is 5.18. The van der Waals surface area contributed by atoms with Gasteiger partial charge in [-0.3, -0.25) is 0 Å². The molecule has 62 valence electrons. The van der Waals surface area contributed by atoms with E-state index in [-0.39, 0.29) is 6.61 Å². The Labute approximate surface area is 57.5 Å². The highest BCUT2D eigenvalue weighted by Gasteiger charge is 2.28. The molecule has 0 atom stereocenters. The first-order valence-corrected chi connectivity index (χ1v) is 3.95. The lowest BCUT2D eigenvalue weighted by Gasteiger charge is -2.05. The normalized spacial score (nSPS) is 9.60. The molecule has 0 saturated carbocycles. The molecule has 8 heteroatoms. The van der Waals surface area contributed by atoms with E-state index in [1.807, 2.05) is 0 Å². The number of hydrogen-bond donors (Lipinski definition) is 3. The Hall–Kier alpha value is -0.543. The Morgan fingerprint density at radius 3 is 1.90 bits per heavy atom. The van der Waals surface area contributed by atoms with E-state index in [1.165, 1.54) is 0 Å². The third-order valence-corrected chi connectivity index (χ3v) is 1.01. The Morgan fingerprint density at radius 1 is 1.60 bits per heavy atom. The molecule has 0 unspecified atom stereocenters. The van der Waals surface area contributed by atoms with Gasteiger partial charge in [-0.1, -0.05) is 10.2 Å². The van der Waals surface area contributed by atoms with Crippen molar-refractivity contribution in [3.63, 3.8) is 0 Å². The fourth-order valence-corrected chi connectivity index (χ4v) is 0.581. The average Bonchev–Trinajstić information content (AvgIpc) is 1.63. The van der Waals surface area contributed by atoms with E-state index in [9.17, 15) is 0 Å². The van der Waals surface area contributed by atoms with Crippen LogP contribution in [0.1, 0.15) is 6.92 Å². The minimum Gasteiger partial charge on any atom is -0.368 e. The van der Waals surface area contributed by atoms with Crippen molar-refractivity contribution in [1.82, 2.24) is 0 Å². The van der Waals surface area contributed by atoms with Gasteiger partial charge in [-0.25, -0.2) is 0 Å². The van der Waals surface area contributed by atoms with E-state index in [1.54, 1.807) is 11.7 Å². The standard InChI is InChI=1S/C2H8O4Si.O3/c1-2-6-7(3,4)5;1-3-2/h3-5H,2H2,1H3;. The van der Waals surface area contributed by atoms with Crippen molar-refractivity contribution < 1.29 is 24.1 Å². The molecule has 0 radical (unpaired) electrons. The van der Waals surface area contributed by atoms with Gasteiger partial charge in [-0.15, -0.1) is 0 Å². The molecule has 0 fully saturated rings. The van der Waals surface area contributed by atoms with Crippen molar-refractivity contribution in [3.05, 3.63) is 9.71 Å². The molecule has 0 spiro atoms. The van der Waals surface area contributed by atoms with Crippen LogP contribution in [-0.2, 0) is 4.43 Å². The lowest BCUT2D eigenvalue weighted by molar-refractivity contribution is -0.284. The van der Waals surface area contributed by atoms with Crippen molar-refractivity contribution in [3.8, 4) is 0 Å². The van der Waals surface area contributed by atoms with Crippen LogP contribution in [0.2, 0.25) is 0 Å². The predicted molar refractivity (Wildman–Crippen MR) is 30.8 cm³/mol. The van der Waals surface area contributed by atoms with Gasteiger partial charge in [0.15, 0.2) is 4.75 Å². The van der Waals surface area contributed by atoms with Gasteiger partial charge in [0.25, 0.3) is 0 Å². The molecule has 0 aromatic heterocycles. The van der Waals surface area contributed by atoms with Gasteiger partial charge in [0.05, 0.1) is 0 Å². The smallest absolute Gasteiger partial charge is 0.368 e. The Morgan fingerprint density at radius 2 is 1.90 bits per heavy atom. The van der Waals surface area contributed by atoms with E-state index in [0.29, 0.717) is 0 Å². The van der Waals surface area contributed by atoms with Crippen LogP contribution < -0.4 is 5.26 Å². The van der Waals surface area contributed by atoms with E-state index in [2.05, 4.69) is 4.43 Å². The molecule has 0 amide bonds. The van der Waals surface area contributed by atoms with Crippen LogP contribution in [0, 0.1) is 9.71 Å². The Kier molecular flexibility index (Phi) is 8.00. The largest absolute Gasteiger partial charge is 0.671 e. The van der Waals surface area contributed by atoms with Gasteiger partial charge < -0.3 is 18.8 Å². The van der Waals surface area contributed by atoms with Gasteiger partial charge in [0.2, 0.25) is 0 Å². The topological polar surface area (TPSA) is 121 Å². The summed E-state index contributed by atoms with van der Waals surface area (Å²) in [4.78, 5) is 32.0. The molecule has 0 aliphatic heterocycles. The number of hydrogen-bond acceptors (Lipinski definition) is 6. The minimum absolute atomic E-state index is 0.121. The van der Waals surface area contributed by atoms with Crippen molar-refractivity contribution in [2.45, 2.75) is 6.92 Å². The van der Waals surface area contributed by atoms with Gasteiger partial charge >= 0.3 is 9.05 Å². The van der Waals surface area contributed by atoms with Gasteiger partial charge in [-0.05, 0) is 6.92 Å². The average molecular weight is 172 g/mol. The fraction of sp³-hybridized carbons (Fsp3) is 1.00. The Balaban J connectivity index is 0. The van der Waals surface area contributed by atoms with Crippen LogP contribution in [0.4, 0.5) is 0 Å². The second-order valence-corrected chi connectivity index (χ2v) is 2.51. The highest BCUT2D eigenvalue weighted by Crippen LogP contribution is 1.85. The van der Waals surface area contributed by atoms with Crippen molar-refractivity contribution in [2.75, 3.05) is 6.61 Å². The quantitative estimate of drug-likeness (QED) is 0.180. The van der Waals surface area contributed by atoms with E-state index in [0.717, 1.165) is 0 Å². The van der Waals surface area contributed by atoms with Crippen molar-refractivity contribution in [2.24, 2.45) is 0 Å². The maximum Gasteiger partial charge on any atom is 0.671 e. The van der Waals surface area contributed by atoms with Gasteiger partial charge in [-0.2, -0.15) is 0 Å². The molecule has 0 bridgehead atoms. The van der Waals surface area contributed by atoms with Gasteiger partial charge in [0, 0.05) is 6.61 Å². The molecule has 0 aromatic carbocycles. The third-order valence-electron chi connectivity index (χ3n) is 0.338. The van der Waals surface area contributed by atoms with Gasteiger partial charge in [0.1, 0.15) is 0 Å². The molecular weight excluding hydrogens is 164 g/mol. The monoisotopic (exact) mass is 172 g/mol. The molecule has 0 aliphatic rings. The van der Waals surface area contributed by atoms with Crippen LogP contribution in [0.25, 0.3) is 0 Å². The molecular formula is C2H8O7Si. The van der Waals surface area contributed by atoms with E-state index >= 15 is 0 Å². The lowest BCUT2D eigenvalue weighted by Crippen LogP contribution is -2.38. The zero-order valence-corrected chi connectivity index (χ0v) is 6.18. The van der Waals surface area contributed by atoms with Crippen LogP contribution in [0.15, 0.2) is 0 Å². The molecule has 10 heavy (non-hydrogen) atoms. The summed E-state index contributed by atoms with van der Waals surface area (Å²) in [5.41, 5.74) is 0. The molecule has 0 rings (SSSR count). The first-order chi connectivity index (χ1) is 4.47. The molecule has 0 heterocycles. The predicted octanol–water partition coefficient (Wildman–Crippen LogP) is -2.69. The summed E-state index contributed by atoms with van der Waals surface area (Å²) in [5.74, 6) is 0.